The summed E-state index contributed by atoms with van der Waals surface area (Å²) in [6, 6.07) is 8.31. The minimum absolute atomic E-state index is 0. The number of ether oxygens (including phenoxy) is 1. The fraction of sp³-hybridized carbons (Fsp3) is 0.429. The van der Waals surface area contributed by atoms with Crippen molar-refractivity contribution in [1.29, 1.82) is 0 Å². The summed E-state index contributed by atoms with van der Waals surface area (Å²) in [5.41, 5.74) is -0.768. The number of rotatable bonds is 7. The number of nitrogens with one attached hydrogen (secondary N) is 1. The van der Waals surface area contributed by atoms with Gasteiger partial charge in [-0.1, -0.05) is 30.3 Å². The fourth-order valence-electron chi connectivity index (χ4n) is 3.48. The molecule has 0 aliphatic carbocycles. The summed E-state index contributed by atoms with van der Waals surface area (Å²) in [6.07, 6.45) is 1.61. The van der Waals surface area contributed by atoms with Crippen LogP contribution in [0.2, 0.25) is 0 Å². The molecule has 11 heteroatoms. The van der Waals surface area contributed by atoms with Crippen LogP contribution >= 0.6 is 36.4 Å². The Morgan fingerprint density at radius 1 is 1.34 bits per heavy atom. The van der Waals surface area contributed by atoms with Crippen molar-refractivity contribution in [2.75, 3.05) is 20.7 Å². The number of hydrogen-bond donors (Lipinski definition) is 1. The van der Waals surface area contributed by atoms with E-state index in [4.69, 9.17) is 16.3 Å². The highest BCUT2D eigenvalue weighted by atomic mass is 35.5. The molecular weight excluding hydrogens is 490 g/mol. The van der Waals surface area contributed by atoms with Gasteiger partial charge in [-0.05, 0) is 31.0 Å². The van der Waals surface area contributed by atoms with Crippen molar-refractivity contribution in [3.8, 4) is 5.88 Å². The average Bonchev–Trinajstić information content (AvgIpc) is 3.28. The molecule has 32 heavy (non-hydrogen) atoms. The van der Waals surface area contributed by atoms with Gasteiger partial charge in [0.15, 0.2) is 11.5 Å². The molecule has 1 aromatic heterocycles. The van der Waals surface area contributed by atoms with E-state index in [1.165, 1.54) is 24.1 Å². The number of carbonyl (C=O) groups is 1. The molecule has 0 saturated carbocycles. The summed E-state index contributed by atoms with van der Waals surface area (Å²) in [7, 11) is 2.81. The predicted molar refractivity (Wildman–Crippen MR) is 122 cm³/mol. The average molecular weight is 515 g/mol. The Morgan fingerprint density at radius 3 is 2.56 bits per heavy atom. The zero-order valence-corrected chi connectivity index (χ0v) is 19.9. The number of halogens is 6. The Balaban J connectivity index is 0.00000256. The van der Waals surface area contributed by atoms with Crippen molar-refractivity contribution >= 4 is 42.3 Å². The van der Waals surface area contributed by atoms with Gasteiger partial charge >= 0.3 is 5.92 Å². The number of pyridine rings is 1. The molecule has 0 radical (unpaired) electrons. The first kappa shape index (κ1) is 28.3. The first-order valence-electron chi connectivity index (χ1n) is 9.54. The number of alkyl halides is 3. The minimum Gasteiger partial charge on any atom is -0.481 e. The Hall–Kier alpha value is -1.74. The molecule has 1 fully saturated rings. The van der Waals surface area contributed by atoms with E-state index >= 15 is 0 Å². The monoisotopic (exact) mass is 513 g/mol. The zero-order valence-electron chi connectivity index (χ0n) is 17.5. The summed E-state index contributed by atoms with van der Waals surface area (Å²) in [5, 5.41) is 1.28. The molecule has 178 valence electrons. The van der Waals surface area contributed by atoms with Gasteiger partial charge in [0.1, 0.15) is 5.38 Å². The molecule has 2 aromatic rings. The fourth-order valence-corrected chi connectivity index (χ4v) is 3.73. The lowest BCUT2D eigenvalue weighted by Gasteiger charge is -2.25. The van der Waals surface area contributed by atoms with Gasteiger partial charge in [-0.15, -0.1) is 36.4 Å². The molecule has 2 unspecified atom stereocenters. The second-order valence-corrected chi connectivity index (χ2v) is 7.66. The third-order valence-electron chi connectivity index (χ3n) is 5.08. The highest BCUT2D eigenvalue weighted by molar-refractivity contribution is 6.21. The van der Waals surface area contributed by atoms with E-state index in [0.717, 1.165) is 19.0 Å². The van der Waals surface area contributed by atoms with Gasteiger partial charge < -0.3 is 15.0 Å². The largest absolute Gasteiger partial charge is 0.481 e. The quantitative estimate of drug-likeness (QED) is 0.537. The highest BCUT2D eigenvalue weighted by Crippen LogP contribution is 2.45. The molecule has 0 spiro atoms. The number of likely N-dealkylation sites (N-methyl/N-ethyl adjacent to an activating group) is 1. The number of methoxy groups -OCH3 is 1. The molecule has 2 atom stereocenters. The van der Waals surface area contributed by atoms with Gasteiger partial charge in [0.25, 0.3) is 0 Å². The maximum atomic E-state index is 15.0. The molecule has 1 aliphatic rings. The number of hydrogen-bond acceptors (Lipinski definition) is 4. The van der Waals surface area contributed by atoms with Crippen LogP contribution in [-0.2, 0) is 17.3 Å². The third-order valence-corrected chi connectivity index (χ3v) is 5.60. The smallest absolute Gasteiger partial charge is 0.312 e. The summed E-state index contributed by atoms with van der Waals surface area (Å²) in [6.45, 7) is 0.730. The number of amides is 1. The lowest BCUT2D eigenvalue weighted by Crippen LogP contribution is -2.41. The van der Waals surface area contributed by atoms with E-state index in [1.54, 1.807) is 25.2 Å². The van der Waals surface area contributed by atoms with Crippen molar-refractivity contribution in [3.63, 3.8) is 0 Å². The second kappa shape index (κ2) is 11.9. The van der Waals surface area contributed by atoms with Gasteiger partial charge in [-0.3, -0.25) is 4.79 Å². The topological polar surface area (TPSA) is 54.5 Å². The second-order valence-electron chi connectivity index (χ2n) is 7.23. The van der Waals surface area contributed by atoms with Crippen LogP contribution in [0.3, 0.4) is 0 Å². The van der Waals surface area contributed by atoms with Crippen LogP contribution in [0, 0.1) is 5.82 Å². The van der Waals surface area contributed by atoms with Crippen LogP contribution < -0.4 is 10.1 Å². The molecule has 1 amide bonds. The van der Waals surface area contributed by atoms with E-state index in [0.29, 0.717) is 6.42 Å². The van der Waals surface area contributed by atoms with E-state index in [-0.39, 0.29) is 60.3 Å². The molecule has 1 aliphatic heterocycles. The van der Waals surface area contributed by atoms with Gasteiger partial charge in [0, 0.05) is 12.6 Å². The van der Waals surface area contributed by atoms with E-state index in [9.17, 15) is 18.0 Å². The SMILES string of the molecule is COc1nc(C(F)(F)C(Cl)c2ccccc2)c(F)cc1CN(C)C(=O)C1CCCN1.Cl.Cl. The van der Waals surface area contributed by atoms with Crippen LogP contribution in [0.25, 0.3) is 0 Å². The molecule has 2 heterocycles. The molecule has 3 rings (SSSR count). The third kappa shape index (κ3) is 5.98. The van der Waals surface area contributed by atoms with Crippen LogP contribution in [0.5, 0.6) is 5.88 Å². The normalized spacial score (nSPS) is 16.5. The van der Waals surface area contributed by atoms with E-state index < -0.39 is 22.8 Å². The number of nitrogens with zero attached hydrogens (tertiary/aromatic N) is 2. The minimum atomic E-state index is -3.78. The molecule has 0 bridgehead atoms. The van der Waals surface area contributed by atoms with E-state index in [1.807, 2.05) is 0 Å². The lowest BCUT2D eigenvalue weighted by molar-refractivity contribution is -0.132. The predicted octanol–water partition coefficient (Wildman–Crippen LogP) is 4.86. The molecular formula is C21H25Cl3F3N3O2. The van der Waals surface area contributed by atoms with Gasteiger partial charge in [0.2, 0.25) is 11.8 Å². The Morgan fingerprint density at radius 2 is 2.00 bits per heavy atom. The summed E-state index contributed by atoms with van der Waals surface area (Å²) < 4.78 is 49.8. The lowest BCUT2D eigenvalue weighted by atomic mass is 10.0. The van der Waals surface area contributed by atoms with E-state index in [2.05, 4.69) is 10.3 Å². The summed E-state index contributed by atoms with van der Waals surface area (Å²) >= 11 is 5.98. The van der Waals surface area contributed by atoms with Crippen molar-refractivity contribution in [2.45, 2.75) is 36.7 Å². The molecule has 1 aromatic carbocycles. The van der Waals surface area contributed by atoms with Crippen molar-refractivity contribution in [1.82, 2.24) is 15.2 Å². The summed E-state index contributed by atoms with van der Waals surface area (Å²) in [4.78, 5) is 17.6. The Kier molecular flexibility index (Phi) is 10.5. The zero-order chi connectivity index (χ0) is 21.9. The van der Waals surface area contributed by atoms with Crippen LogP contribution in [-0.4, -0.2) is 42.5 Å². The number of aromatic nitrogens is 1. The number of benzene rings is 1. The number of carbonyl (C=O) groups excluding carboxylic acids is 1. The van der Waals surface area contributed by atoms with Crippen molar-refractivity contribution < 1.29 is 22.7 Å². The van der Waals surface area contributed by atoms with Crippen LogP contribution in [0.4, 0.5) is 13.2 Å². The summed E-state index contributed by atoms with van der Waals surface area (Å²) in [5.74, 6) is -5.33. The maximum Gasteiger partial charge on any atom is 0.312 e. The first-order valence-corrected chi connectivity index (χ1v) is 9.98. The molecule has 5 nitrogen and oxygen atoms in total. The maximum absolute atomic E-state index is 15.0. The van der Waals surface area contributed by atoms with Crippen LogP contribution in [0.1, 0.15) is 35.0 Å². The van der Waals surface area contributed by atoms with Gasteiger partial charge in [-0.25, -0.2) is 9.37 Å². The van der Waals surface area contributed by atoms with Gasteiger partial charge in [0.05, 0.1) is 19.7 Å². The van der Waals surface area contributed by atoms with Crippen molar-refractivity contribution in [3.05, 3.63) is 59.0 Å². The first-order chi connectivity index (χ1) is 14.3. The molecule has 1 saturated heterocycles. The highest BCUT2D eigenvalue weighted by Gasteiger charge is 2.45. The molecule has 1 N–H and O–H groups in total. The van der Waals surface area contributed by atoms with Gasteiger partial charge in [-0.2, -0.15) is 8.78 Å². The van der Waals surface area contributed by atoms with Crippen molar-refractivity contribution in [2.24, 2.45) is 0 Å². The Labute approximate surface area is 202 Å². The standard InChI is InChI=1S/C21H23ClF3N3O2.2ClH/c1-28(20(29)16-9-6-10-26-16)12-14-11-15(23)18(27-19(14)30-2)21(24,25)17(22)13-7-4-3-5-8-13;;/h3-5,7-8,11,16-17,26H,6,9-10,12H2,1-2H3;2*1H. The van der Waals surface area contributed by atoms with Crippen LogP contribution in [0.15, 0.2) is 36.4 Å². The Bertz CT molecular complexity index is 901.